The number of aliphatic hydroxyl groups is 1. The summed E-state index contributed by atoms with van der Waals surface area (Å²) >= 11 is 7.09. The van der Waals surface area contributed by atoms with Crippen LogP contribution in [-0.4, -0.2) is 47.1 Å². The van der Waals surface area contributed by atoms with Gasteiger partial charge in [0.25, 0.3) is 0 Å². The van der Waals surface area contributed by atoms with Crippen molar-refractivity contribution in [1.82, 2.24) is 10.2 Å². The van der Waals surface area contributed by atoms with Gasteiger partial charge in [-0.2, -0.15) is 0 Å². The number of likely N-dealkylation sites (tertiary alicyclic amines) is 1. The van der Waals surface area contributed by atoms with Crippen LogP contribution in [0.5, 0.6) is 0 Å². The molecule has 1 aliphatic heterocycles. The zero-order valence-electron chi connectivity index (χ0n) is 18.0. The Bertz CT molecular complexity index is 1090. The maximum Gasteiger partial charge on any atom is 0.410 e. The highest BCUT2D eigenvalue weighted by molar-refractivity contribution is 7.80. The van der Waals surface area contributed by atoms with E-state index >= 15 is 0 Å². The Morgan fingerprint density at radius 2 is 1.91 bits per heavy atom. The molecule has 1 amide bonds. The number of carbonyl (C=O) groups excluding carboxylic acids is 1. The van der Waals surface area contributed by atoms with Gasteiger partial charge in [-0.3, -0.25) is 0 Å². The SMILES string of the molecule is O=C(OCc1ccccc1)N1CC(CO)C(NC(=S)N=Cc2ccccc2)(c2cccs2)C1. The van der Waals surface area contributed by atoms with Crippen molar-refractivity contribution in [2.24, 2.45) is 10.9 Å². The number of benzene rings is 2. The predicted molar refractivity (Wildman–Crippen MR) is 135 cm³/mol. The largest absolute Gasteiger partial charge is 0.445 e. The molecule has 8 heteroatoms. The van der Waals surface area contributed by atoms with Crippen molar-refractivity contribution in [3.05, 3.63) is 94.2 Å². The highest BCUT2D eigenvalue weighted by Crippen LogP contribution is 2.39. The van der Waals surface area contributed by atoms with Crippen LogP contribution in [0.25, 0.3) is 0 Å². The standard InChI is InChI=1S/C25H25N3O3S2/c29-16-21-15-28(24(30)31-17-20-10-5-2-6-11-20)18-25(21,22-12-7-13-33-22)27-23(32)26-14-19-8-3-1-4-9-19/h1-14,21,29H,15-18H2,(H,27,32). The lowest BCUT2D eigenvalue weighted by Crippen LogP contribution is -2.51. The smallest absolute Gasteiger partial charge is 0.410 e. The van der Waals surface area contributed by atoms with E-state index < -0.39 is 11.6 Å². The summed E-state index contributed by atoms with van der Waals surface area (Å²) in [7, 11) is 0. The minimum atomic E-state index is -0.750. The number of aliphatic imine (C=N–C) groups is 1. The Morgan fingerprint density at radius 3 is 2.58 bits per heavy atom. The Balaban J connectivity index is 1.51. The van der Waals surface area contributed by atoms with Gasteiger partial charge in [-0.05, 0) is 34.8 Å². The normalized spacial score (nSPS) is 20.2. The Morgan fingerprint density at radius 1 is 1.18 bits per heavy atom. The molecule has 0 radical (unpaired) electrons. The van der Waals surface area contributed by atoms with Crippen LogP contribution in [-0.2, 0) is 16.9 Å². The number of nitrogens with one attached hydrogen (secondary N) is 1. The van der Waals surface area contributed by atoms with Gasteiger partial charge < -0.3 is 20.1 Å². The lowest BCUT2D eigenvalue weighted by atomic mass is 9.86. The molecule has 1 fully saturated rings. The zero-order chi connectivity index (χ0) is 23.1. The monoisotopic (exact) mass is 479 g/mol. The average molecular weight is 480 g/mol. The molecule has 0 aliphatic carbocycles. The molecular weight excluding hydrogens is 454 g/mol. The van der Waals surface area contributed by atoms with Crippen molar-refractivity contribution in [3.8, 4) is 0 Å². The van der Waals surface area contributed by atoms with Gasteiger partial charge >= 0.3 is 6.09 Å². The molecule has 6 nitrogen and oxygen atoms in total. The van der Waals surface area contributed by atoms with Gasteiger partial charge in [0, 0.05) is 23.6 Å². The molecule has 33 heavy (non-hydrogen) atoms. The molecule has 4 rings (SSSR count). The third kappa shape index (κ3) is 5.47. The van der Waals surface area contributed by atoms with Crippen molar-refractivity contribution in [2.75, 3.05) is 19.7 Å². The molecule has 2 atom stereocenters. The molecular formula is C25H25N3O3S2. The number of nitrogens with zero attached hydrogens (tertiary/aromatic N) is 2. The summed E-state index contributed by atoms with van der Waals surface area (Å²) in [6.45, 7) is 0.741. The Kier molecular flexibility index (Phi) is 7.49. The van der Waals surface area contributed by atoms with E-state index in [1.54, 1.807) is 22.5 Å². The van der Waals surface area contributed by atoms with Gasteiger partial charge in [0.1, 0.15) is 6.61 Å². The van der Waals surface area contributed by atoms with Crippen LogP contribution in [0.3, 0.4) is 0 Å². The van der Waals surface area contributed by atoms with Gasteiger partial charge in [0.15, 0.2) is 5.11 Å². The summed E-state index contributed by atoms with van der Waals surface area (Å²) in [6, 6.07) is 23.2. The number of carbonyl (C=O) groups is 1. The van der Waals surface area contributed by atoms with Crippen molar-refractivity contribution >= 4 is 41.0 Å². The van der Waals surface area contributed by atoms with E-state index in [0.29, 0.717) is 18.2 Å². The third-order valence-electron chi connectivity index (χ3n) is 5.68. The summed E-state index contributed by atoms with van der Waals surface area (Å²) in [5, 5.41) is 15.9. The number of thiophene rings is 1. The van der Waals surface area contributed by atoms with Crippen molar-refractivity contribution < 1.29 is 14.6 Å². The summed E-state index contributed by atoms with van der Waals surface area (Å²) in [6.07, 6.45) is 1.28. The van der Waals surface area contributed by atoms with Crippen LogP contribution in [0.15, 0.2) is 83.2 Å². The fourth-order valence-electron chi connectivity index (χ4n) is 3.99. The molecule has 1 saturated heterocycles. The third-order valence-corrected chi connectivity index (χ3v) is 6.94. The van der Waals surface area contributed by atoms with E-state index in [1.807, 2.05) is 78.2 Å². The zero-order valence-corrected chi connectivity index (χ0v) is 19.6. The van der Waals surface area contributed by atoms with E-state index in [1.165, 1.54) is 0 Å². The number of hydrogen-bond donors (Lipinski definition) is 2. The maximum absolute atomic E-state index is 12.9. The molecule has 3 aromatic rings. The molecule has 2 N–H and O–H groups in total. The first-order chi connectivity index (χ1) is 16.1. The fraction of sp³-hybridized carbons (Fsp3) is 0.240. The van der Waals surface area contributed by atoms with E-state index in [4.69, 9.17) is 17.0 Å². The van der Waals surface area contributed by atoms with E-state index in [2.05, 4.69) is 10.3 Å². The molecule has 0 spiro atoms. The van der Waals surface area contributed by atoms with Gasteiger partial charge in [0.05, 0.1) is 18.7 Å². The van der Waals surface area contributed by atoms with Crippen molar-refractivity contribution in [1.29, 1.82) is 0 Å². The van der Waals surface area contributed by atoms with Crippen molar-refractivity contribution in [3.63, 3.8) is 0 Å². The molecule has 2 heterocycles. The molecule has 170 valence electrons. The second kappa shape index (κ2) is 10.7. The number of rotatable bonds is 6. The average Bonchev–Trinajstić information content (AvgIpc) is 3.52. The number of ether oxygens (including phenoxy) is 1. The summed E-state index contributed by atoms with van der Waals surface area (Å²) in [5.41, 5.74) is 1.10. The summed E-state index contributed by atoms with van der Waals surface area (Å²) < 4.78 is 5.54. The quantitative estimate of drug-likeness (QED) is 0.410. The molecule has 0 bridgehead atoms. The van der Waals surface area contributed by atoms with Crippen LogP contribution < -0.4 is 5.32 Å². The van der Waals surface area contributed by atoms with Crippen molar-refractivity contribution in [2.45, 2.75) is 12.1 Å². The number of hydrogen-bond acceptors (Lipinski definition) is 5. The number of amides is 1. The second-order valence-electron chi connectivity index (χ2n) is 7.85. The lowest BCUT2D eigenvalue weighted by molar-refractivity contribution is 0.101. The summed E-state index contributed by atoms with van der Waals surface area (Å²) in [4.78, 5) is 19.9. The maximum atomic E-state index is 12.9. The van der Waals surface area contributed by atoms with Gasteiger partial charge in [-0.15, -0.1) is 11.3 Å². The predicted octanol–water partition coefficient (Wildman–Crippen LogP) is 4.20. The number of thiocarbonyl (C=S) groups is 1. The topological polar surface area (TPSA) is 74.2 Å². The number of aliphatic hydroxyl groups excluding tert-OH is 1. The van der Waals surface area contributed by atoms with Gasteiger partial charge in [-0.25, -0.2) is 9.79 Å². The van der Waals surface area contributed by atoms with E-state index in [-0.39, 0.29) is 19.1 Å². The van der Waals surface area contributed by atoms with E-state index in [0.717, 1.165) is 16.0 Å². The Labute approximate surface area is 202 Å². The van der Waals surface area contributed by atoms with Gasteiger partial charge in [0.2, 0.25) is 0 Å². The highest BCUT2D eigenvalue weighted by Gasteiger charge is 2.50. The molecule has 2 aromatic carbocycles. The van der Waals surface area contributed by atoms with E-state index in [9.17, 15) is 9.90 Å². The second-order valence-corrected chi connectivity index (χ2v) is 9.18. The minimum Gasteiger partial charge on any atom is -0.445 e. The van der Waals surface area contributed by atoms with Crippen LogP contribution in [0.4, 0.5) is 4.79 Å². The molecule has 1 aliphatic rings. The Hall–Kier alpha value is -3.07. The lowest BCUT2D eigenvalue weighted by Gasteiger charge is -2.34. The first-order valence-electron chi connectivity index (χ1n) is 10.6. The first kappa shape index (κ1) is 23.1. The molecule has 0 saturated carbocycles. The first-order valence-corrected chi connectivity index (χ1v) is 11.9. The summed E-state index contributed by atoms with van der Waals surface area (Å²) in [5.74, 6) is -0.273. The van der Waals surface area contributed by atoms with Crippen LogP contribution in [0, 0.1) is 5.92 Å². The molecule has 1 aromatic heterocycles. The minimum absolute atomic E-state index is 0.113. The molecule has 2 unspecified atom stereocenters. The van der Waals surface area contributed by atoms with Gasteiger partial charge in [-0.1, -0.05) is 66.7 Å². The fourth-order valence-corrected chi connectivity index (χ4v) is 5.18. The van der Waals surface area contributed by atoms with Crippen LogP contribution >= 0.6 is 23.6 Å². The van der Waals surface area contributed by atoms with Crippen LogP contribution in [0.1, 0.15) is 16.0 Å². The highest BCUT2D eigenvalue weighted by atomic mass is 32.1. The van der Waals surface area contributed by atoms with Crippen LogP contribution in [0.2, 0.25) is 0 Å².